The first-order chi connectivity index (χ1) is 8.22. The molecule has 0 saturated heterocycles. The number of aryl methyl sites for hydroxylation is 1. The summed E-state index contributed by atoms with van der Waals surface area (Å²) in [5.74, 6) is -0.404. The molecule has 0 aliphatic rings. The summed E-state index contributed by atoms with van der Waals surface area (Å²) in [5.41, 5.74) is 8.94. The minimum atomic E-state index is -0.404. The topological polar surface area (TPSA) is 56.0 Å². The van der Waals surface area contributed by atoms with Crippen LogP contribution in [-0.4, -0.2) is 10.9 Å². The molecular weight excluding hydrogens is 212 g/mol. The van der Waals surface area contributed by atoms with Crippen molar-refractivity contribution in [3.8, 4) is 11.1 Å². The monoisotopic (exact) mass is 226 g/mol. The lowest BCUT2D eigenvalue weighted by Gasteiger charge is -2.07. The molecular formula is C14H14N2O. The van der Waals surface area contributed by atoms with Crippen molar-refractivity contribution in [2.45, 2.75) is 13.3 Å². The second-order valence-corrected chi connectivity index (χ2v) is 3.79. The molecule has 0 aliphatic heterocycles. The summed E-state index contributed by atoms with van der Waals surface area (Å²) < 4.78 is 0. The van der Waals surface area contributed by atoms with Gasteiger partial charge in [0.05, 0.1) is 0 Å². The summed E-state index contributed by atoms with van der Waals surface area (Å²) in [6.07, 6.45) is 2.67. The van der Waals surface area contributed by atoms with Crippen LogP contribution in [0.3, 0.4) is 0 Å². The van der Waals surface area contributed by atoms with Crippen molar-refractivity contribution in [1.29, 1.82) is 0 Å². The number of primary amides is 1. The fourth-order valence-electron chi connectivity index (χ4n) is 1.80. The highest BCUT2D eigenvalue weighted by molar-refractivity contribution is 5.93. The van der Waals surface area contributed by atoms with Crippen LogP contribution >= 0.6 is 0 Å². The molecule has 0 unspecified atom stereocenters. The van der Waals surface area contributed by atoms with Gasteiger partial charge in [-0.15, -0.1) is 0 Å². The third-order valence-corrected chi connectivity index (χ3v) is 2.71. The number of carbonyl (C=O) groups excluding carboxylic acids is 1. The van der Waals surface area contributed by atoms with Crippen LogP contribution in [-0.2, 0) is 6.42 Å². The van der Waals surface area contributed by atoms with E-state index >= 15 is 0 Å². The molecule has 2 N–H and O–H groups in total. The average molecular weight is 226 g/mol. The van der Waals surface area contributed by atoms with E-state index in [9.17, 15) is 4.79 Å². The van der Waals surface area contributed by atoms with Crippen LogP contribution in [0, 0.1) is 0 Å². The number of hydrogen-bond donors (Lipinski definition) is 1. The first-order valence-corrected chi connectivity index (χ1v) is 5.56. The van der Waals surface area contributed by atoms with Crippen molar-refractivity contribution in [2.24, 2.45) is 5.73 Å². The molecule has 1 aromatic carbocycles. The van der Waals surface area contributed by atoms with E-state index in [1.54, 1.807) is 18.3 Å². The van der Waals surface area contributed by atoms with Gasteiger partial charge < -0.3 is 5.73 Å². The maximum atomic E-state index is 11.0. The third kappa shape index (κ3) is 2.33. The Morgan fingerprint density at radius 1 is 1.24 bits per heavy atom. The summed E-state index contributed by atoms with van der Waals surface area (Å²) in [6, 6.07) is 11.2. The van der Waals surface area contributed by atoms with E-state index in [-0.39, 0.29) is 0 Å². The van der Waals surface area contributed by atoms with Crippen LogP contribution in [0.4, 0.5) is 0 Å². The zero-order valence-corrected chi connectivity index (χ0v) is 9.68. The molecule has 0 atom stereocenters. The Hall–Kier alpha value is -2.16. The molecule has 86 valence electrons. The van der Waals surface area contributed by atoms with Gasteiger partial charge in [0.25, 0.3) is 0 Å². The summed E-state index contributed by atoms with van der Waals surface area (Å²) in [4.78, 5) is 15.3. The van der Waals surface area contributed by atoms with Crippen molar-refractivity contribution >= 4 is 5.91 Å². The minimum absolute atomic E-state index is 0.404. The van der Waals surface area contributed by atoms with Gasteiger partial charge in [-0.1, -0.05) is 25.1 Å². The SMILES string of the molecule is CCc1ncccc1-c1ccc(C(N)=O)cc1. The molecule has 3 nitrogen and oxygen atoms in total. The molecule has 3 heteroatoms. The molecule has 0 radical (unpaired) electrons. The predicted molar refractivity (Wildman–Crippen MR) is 67.6 cm³/mol. The lowest BCUT2D eigenvalue weighted by molar-refractivity contribution is 0.100. The van der Waals surface area contributed by atoms with Crippen LogP contribution in [0.15, 0.2) is 42.6 Å². The van der Waals surface area contributed by atoms with Gasteiger partial charge in [0, 0.05) is 23.0 Å². The van der Waals surface area contributed by atoms with E-state index in [0.29, 0.717) is 5.56 Å². The molecule has 0 spiro atoms. The predicted octanol–water partition coefficient (Wildman–Crippen LogP) is 2.41. The number of amides is 1. The molecule has 2 rings (SSSR count). The number of benzene rings is 1. The maximum Gasteiger partial charge on any atom is 0.248 e. The van der Waals surface area contributed by atoms with Crippen LogP contribution in [0.1, 0.15) is 23.0 Å². The molecule has 0 saturated carbocycles. The summed E-state index contributed by atoms with van der Waals surface area (Å²) >= 11 is 0. The zero-order chi connectivity index (χ0) is 12.3. The second kappa shape index (κ2) is 4.78. The number of nitrogens with two attached hydrogens (primary N) is 1. The minimum Gasteiger partial charge on any atom is -0.366 e. The Labute approximate surface area is 100 Å². The third-order valence-electron chi connectivity index (χ3n) is 2.71. The Morgan fingerprint density at radius 3 is 2.53 bits per heavy atom. The van der Waals surface area contributed by atoms with E-state index in [0.717, 1.165) is 23.2 Å². The molecule has 1 amide bonds. The number of hydrogen-bond acceptors (Lipinski definition) is 2. The first kappa shape index (κ1) is 11.3. The molecule has 2 aromatic rings. The largest absolute Gasteiger partial charge is 0.366 e. The van der Waals surface area contributed by atoms with Gasteiger partial charge in [0.15, 0.2) is 0 Å². The van der Waals surface area contributed by atoms with Crippen molar-refractivity contribution < 1.29 is 4.79 Å². The molecule has 0 bridgehead atoms. The molecule has 0 fully saturated rings. The lowest BCUT2D eigenvalue weighted by atomic mass is 10.0. The Morgan fingerprint density at radius 2 is 1.94 bits per heavy atom. The normalized spacial score (nSPS) is 10.2. The van der Waals surface area contributed by atoms with Gasteiger partial charge in [-0.05, 0) is 30.2 Å². The van der Waals surface area contributed by atoms with Gasteiger partial charge >= 0.3 is 0 Å². The molecule has 0 aliphatic carbocycles. The van der Waals surface area contributed by atoms with Gasteiger partial charge in [-0.2, -0.15) is 0 Å². The van der Waals surface area contributed by atoms with Gasteiger partial charge in [0.2, 0.25) is 5.91 Å². The summed E-state index contributed by atoms with van der Waals surface area (Å²) in [6.45, 7) is 2.07. The van der Waals surface area contributed by atoms with Crippen molar-refractivity contribution in [3.05, 3.63) is 53.9 Å². The van der Waals surface area contributed by atoms with E-state index in [1.807, 2.05) is 24.3 Å². The maximum absolute atomic E-state index is 11.0. The number of pyridine rings is 1. The Balaban J connectivity index is 2.43. The highest BCUT2D eigenvalue weighted by atomic mass is 16.1. The number of carbonyl (C=O) groups is 1. The highest BCUT2D eigenvalue weighted by Crippen LogP contribution is 2.22. The average Bonchev–Trinajstić information content (AvgIpc) is 2.39. The number of rotatable bonds is 3. The fourth-order valence-corrected chi connectivity index (χ4v) is 1.80. The number of nitrogens with zero attached hydrogens (tertiary/aromatic N) is 1. The molecule has 17 heavy (non-hydrogen) atoms. The Bertz CT molecular complexity index is 532. The van der Waals surface area contributed by atoms with Crippen molar-refractivity contribution in [1.82, 2.24) is 4.98 Å². The van der Waals surface area contributed by atoms with E-state index in [2.05, 4.69) is 11.9 Å². The number of aromatic nitrogens is 1. The summed E-state index contributed by atoms with van der Waals surface area (Å²) in [7, 11) is 0. The Kier molecular flexibility index (Phi) is 3.19. The highest BCUT2D eigenvalue weighted by Gasteiger charge is 2.05. The van der Waals surface area contributed by atoms with Gasteiger partial charge in [0.1, 0.15) is 0 Å². The summed E-state index contributed by atoms with van der Waals surface area (Å²) in [5, 5.41) is 0. The first-order valence-electron chi connectivity index (χ1n) is 5.56. The lowest BCUT2D eigenvalue weighted by Crippen LogP contribution is -2.10. The van der Waals surface area contributed by atoms with E-state index < -0.39 is 5.91 Å². The van der Waals surface area contributed by atoms with Crippen LogP contribution in [0.5, 0.6) is 0 Å². The molecule has 1 heterocycles. The van der Waals surface area contributed by atoms with E-state index in [4.69, 9.17) is 5.73 Å². The fraction of sp³-hybridized carbons (Fsp3) is 0.143. The quantitative estimate of drug-likeness (QED) is 0.873. The van der Waals surface area contributed by atoms with E-state index in [1.165, 1.54) is 0 Å². The second-order valence-electron chi connectivity index (χ2n) is 3.79. The van der Waals surface area contributed by atoms with Gasteiger partial charge in [-0.25, -0.2) is 0 Å². The van der Waals surface area contributed by atoms with Crippen LogP contribution in [0.25, 0.3) is 11.1 Å². The molecule has 1 aromatic heterocycles. The standard InChI is InChI=1S/C14H14N2O/c1-2-13-12(4-3-9-16-13)10-5-7-11(8-6-10)14(15)17/h3-9H,2H2,1H3,(H2,15,17). The van der Waals surface area contributed by atoms with Crippen molar-refractivity contribution in [3.63, 3.8) is 0 Å². The van der Waals surface area contributed by atoms with Crippen molar-refractivity contribution in [2.75, 3.05) is 0 Å². The van der Waals surface area contributed by atoms with Crippen LogP contribution < -0.4 is 5.73 Å². The smallest absolute Gasteiger partial charge is 0.248 e. The van der Waals surface area contributed by atoms with Gasteiger partial charge in [-0.3, -0.25) is 9.78 Å². The zero-order valence-electron chi connectivity index (χ0n) is 9.68. The van der Waals surface area contributed by atoms with Crippen LogP contribution in [0.2, 0.25) is 0 Å².